The van der Waals surface area contributed by atoms with Gasteiger partial charge in [-0.3, -0.25) is 14.7 Å². The second kappa shape index (κ2) is 8.20. The summed E-state index contributed by atoms with van der Waals surface area (Å²) < 4.78 is 5.22. The Labute approximate surface area is 137 Å². The van der Waals surface area contributed by atoms with Gasteiger partial charge in [0.15, 0.2) is 0 Å². The van der Waals surface area contributed by atoms with Crippen LogP contribution in [0.4, 0.5) is 0 Å². The third-order valence-corrected chi connectivity index (χ3v) is 4.68. The second-order valence-electron chi connectivity index (χ2n) is 6.43. The normalized spacial score (nSPS) is 19.4. The largest absolute Gasteiger partial charge is 0.473 e. The molecule has 0 amide bonds. The molecule has 5 nitrogen and oxygen atoms in total. The van der Waals surface area contributed by atoms with Crippen molar-refractivity contribution in [3.63, 3.8) is 0 Å². The van der Waals surface area contributed by atoms with E-state index in [0.29, 0.717) is 25.5 Å². The van der Waals surface area contributed by atoms with Gasteiger partial charge in [0, 0.05) is 25.4 Å². The van der Waals surface area contributed by atoms with Gasteiger partial charge in [-0.25, -0.2) is 4.99 Å². The fourth-order valence-corrected chi connectivity index (χ4v) is 3.35. The summed E-state index contributed by atoms with van der Waals surface area (Å²) in [6.45, 7) is 4.48. The molecule has 3 rings (SSSR count). The molecule has 0 atom stereocenters. The summed E-state index contributed by atoms with van der Waals surface area (Å²) in [5.41, 5.74) is 1.29. The van der Waals surface area contributed by atoms with Gasteiger partial charge in [-0.05, 0) is 56.3 Å². The Morgan fingerprint density at radius 2 is 2.22 bits per heavy atom. The number of likely N-dealkylation sites (tertiary alicyclic amines) is 1. The number of rotatable bonds is 7. The Hall–Kier alpha value is -1.75. The summed E-state index contributed by atoms with van der Waals surface area (Å²) >= 11 is 0. The topological polar surface area (TPSA) is 54.8 Å². The first kappa shape index (κ1) is 16.1. The predicted octanol–water partition coefficient (Wildman–Crippen LogP) is 2.46. The Morgan fingerprint density at radius 1 is 1.35 bits per heavy atom. The molecule has 0 saturated carbocycles. The summed E-state index contributed by atoms with van der Waals surface area (Å²) in [5, 5.41) is 0. The molecule has 0 spiro atoms. The van der Waals surface area contributed by atoms with Crippen LogP contribution in [0.5, 0.6) is 0 Å². The zero-order valence-corrected chi connectivity index (χ0v) is 13.6. The number of aromatic nitrogens is 1. The number of carbonyl (C=O) groups is 1. The van der Waals surface area contributed by atoms with Crippen molar-refractivity contribution in [2.24, 2.45) is 10.9 Å². The fourth-order valence-electron chi connectivity index (χ4n) is 3.35. The lowest BCUT2D eigenvalue weighted by Gasteiger charge is -2.31. The van der Waals surface area contributed by atoms with E-state index in [0.717, 1.165) is 38.4 Å². The Kier molecular flexibility index (Phi) is 5.75. The molecule has 1 aromatic rings. The highest BCUT2D eigenvalue weighted by molar-refractivity contribution is 6.36. The average Bonchev–Trinajstić information content (AvgIpc) is 3.12. The standard InChI is InChI=1S/C18H25N3O2/c22-17(18-20-9-12-23-18)5-1-3-15-6-10-21(11-7-15)14-16-4-2-8-19-13-16/h2,4,8,13,15H,1,3,5-7,9-12,14H2. The van der Waals surface area contributed by atoms with Gasteiger partial charge < -0.3 is 4.74 Å². The van der Waals surface area contributed by atoms with E-state index in [1.807, 2.05) is 18.5 Å². The fraction of sp³-hybridized carbons (Fsp3) is 0.611. The number of hydrogen-bond acceptors (Lipinski definition) is 5. The van der Waals surface area contributed by atoms with Crippen LogP contribution in [0, 0.1) is 5.92 Å². The molecule has 0 bridgehead atoms. The number of nitrogens with zero attached hydrogens (tertiary/aromatic N) is 3. The minimum Gasteiger partial charge on any atom is -0.473 e. The molecule has 2 aliphatic rings. The highest BCUT2D eigenvalue weighted by Crippen LogP contribution is 2.23. The van der Waals surface area contributed by atoms with Gasteiger partial charge in [0.25, 0.3) is 5.90 Å². The molecule has 1 saturated heterocycles. The van der Waals surface area contributed by atoms with E-state index in [9.17, 15) is 4.79 Å². The van der Waals surface area contributed by atoms with E-state index in [2.05, 4.69) is 20.9 Å². The zero-order valence-electron chi connectivity index (χ0n) is 13.6. The van der Waals surface area contributed by atoms with Crippen molar-refractivity contribution >= 4 is 11.7 Å². The van der Waals surface area contributed by atoms with Crippen LogP contribution in [0.25, 0.3) is 0 Å². The number of Topliss-reactive ketones (excluding diaryl/α,β-unsaturated/α-hetero) is 1. The van der Waals surface area contributed by atoms with Crippen molar-refractivity contribution < 1.29 is 9.53 Å². The molecule has 1 aromatic heterocycles. The summed E-state index contributed by atoms with van der Waals surface area (Å²) in [7, 11) is 0. The van der Waals surface area contributed by atoms with E-state index in [1.165, 1.54) is 18.4 Å². The average molecular weight is 315 g/mol. The number of hydrogen-bond donors (Lipinski definition) is 0. The number of pyridine rings is 1. The maximum Gasteiger partial charge on any atom is 0.253 e. The molecule has 5 heteroatoms. The van der Waals surface area contributed by atoms with E-state index in [-0.39, 0.29) is 5.78 Å². The summed E-state index contributed by atoms with van der Waals surface area (Å²) in [5.74, 6) is 1.19. The molecule has 0 N–H and O–H groups in total. The van der Waals surface area contributed by atoms with Crippen molar-refractivity contribution in [1.29, 1.82) is 0 Å². The molecule has 0 aromatic carbocycles. The highest BCUT2D eigenvalue weighted by Gasteiger charge is 2.21. The van der Waals surface area contributed by atoms with Crippen LogP contribution in [0.15, 0.2) is 29.5 Å². The van der Waals surface area contributed by atoms with Crippen molar-refractivity contribution in [3.8, 4) is 0 Å². The minimum atomic E-state index is 0.0801. The smallest absolute Gasteiger partial charge is 0.253 e. The molecular weight excluding hydrogens is 290 g/mol. The summed E-state index contributed by atoms with van der Waals surface area (Å²) in [6, 6.07) is 4.13. The number of aliphatic imine (C=N–C) groups is 1. The lowest BCUT2D eigenvalue weighted by atomic mass is 9.91. The van der Waals surface area contributed by atoms with E-state index >= 15 is 0 Å². The van der Waals surface area contributed by atoms with Crippen molar-refractivity contribution in [1.82, 2.24) is 9.88 Å². The third-order valence-electron chi connectivity index (χ3n) is 4.68. The van der Waals surface area contributed by atoms with Crippen LogP contribution in [-0.2, 0) is 16.1 Å². The quantitative estimate of drug-likeness (QED) is 0.775. The Morgan fingerprint density at radius 3 is 2.91 bits per heavy atom. The first-order valence-corrected chi connectivity index (χ1v) is 8.63. The third kappa shape index (κ3) is 4.86. The van der Waals surface area contributed by atoms with E-state index < -0.39 is 0 Å². The van der Waals surface area contributed by atoms with Crippen LogP contribution in [0.2, 0.25) is 0 Å². The van der Waals surface area contributed by atoms with Crippen LogP contribution in [-0.4, -0.2) is 47.8 Å². The van der Waals surface area contributed by atoms with Crippen LogP contribution in [0.1, 0.15) is 37.7 Å². The number of ether oxygens (including phenoxy) is 1. The molecular formula is C18H25N3O2. The molecule has 2 aliphatic heterocycles. The van der Waals surface area contributed by atoms with Gasteiger partial charge in [0.1, 0.15) is 6.61 Å². The lowest BCUT2D eigenvalue weighted by molar-refractivity contribution is -0.114. The zero-order chi connectivity index (χ0) is 15.9. The predicted molar refractivity (Wildman–Crippen MR) is 89.4 cm³/mol. The summed E-state index contributed by atoms with van der Waals surface area (Å²) in [4.78, 5) is 22.6. The molecule has 3 heterocycles. The molecule has 0 unspecified atom stereocenters. The molecule has 23 heavy (non-hydrogen) atoms. The van der Waals surface area contributed by atoms with Gasteiger partial charge in [-0.15, -0.1) is 0 Å². The lowest BCUT2D eigenvalue weighted by Crippen LogP contribution is -2.33. The highest BCUT2D eigenvalue weighted by atomic mass is 16.5. The molecule has 0 radical (unpaired) electrons. The van der Waals surface area contributed by atoms with Crippen LogP contribution >= 0.6 is 0 Å². The van der Waals surface area contributed by atoms with Gasteiger partial charge in [0.2, 0.25) is 5.78 Å². The van der Waals surface area contributed by atoms with Crippen molar-refractivity contribution in [2.75, 3.05) is 26.2 Å². The SMILES string of the molecule is O=C(CCCC1CCN(Cc2cccnc2)CC1)C1=NCCO1. The Balaban J connectivity index is 1.32. The maximum absolute atomic E-state index is 11.9. The van der Waals surface area contributed by atoms with Gasteiger partial charge >= 0.3 is 0 Å². The minimum absolute atomic E-state index is 0.0801. The number of piperidine rings is 1. The summed E-state index contributed by atoms with van der Waals surface area (Å²) in [6.07, 6.45) is 8.89. The van der Waals surface area contributed by atoms with Gasteiger partial charge in [-0.1, -0.05) is 6.07 Å². The van der Waals surface area contributed by atoms with E-state index in [4.69, 9.17) is 4.74 Å². The van der Waals surface area contributed by atoms with Gasteiger partial charge in [0.05, 0.1) is 6.54 Å². The van der Waals surface area contributed by atoms with Crippen LogP contribution < -0.4 is 0 Å². The molecule has 1 fully saturated rings. The van der Waals surface area contributed by atoms with Crippen molar-refractivity contribution in [2.45, 2.75) is 38.6 Å². The maximum atomic E-state index is 11.9. The molecule has 124 valence electrons. The monoisotopic (exact) mass is 315 g/mol. The number of ketones is 1. The van der Waals surface area contributed by atoms with E-state index in [1.54, 1.807) is 0 Å². The Bertz CT molecular complexity index is 536. The van der Waals surface area contributed by atoms with Gasteiger partial charge in [-0.2, -0.15) is 0 Å². The first-order chi connectivity index (χ1) is 11.3. The molecule has 0 aliphatic carbocycles. The van der Waals surface area contributed by atoms with Crippen molar-refractivity contribution in [3.05, 3.63) is 30.1 Å². The second-order valence-corrected chi connectivity index (χ2v) is 6.43. The number of carbonyl (C=O) groups excluding carboxylic acids is 1. The first-order valence-electron chi connectivity index (χ1n) is 8.63. The van der Waals surface area contributed by atoms with Crippen LogP contribution in [0.3, 0.4) is 0 Å².